The predicted octanol–water partition coefficient (Wildman–Crippen LogP) is 6.13. The second-order valence-corrected chi connectivity index (χ2v) is 6.91. The highest BCUT2D eigenvalue weighted by molar-refractivity contribution is 5.21. The Labute approximate surface area is 137 Å². The fourth-order valence-corrected chi connectivity index (χ4v) is 3.50. The summed E-state index contributed by atoms with van der Waals surface area (Å²) in [6.45, 7) is 5.12. The molecule has 1 atom stereocenters. The van der Waals surface area contributed by atoms with Gasteiger partial charge in [0.05, 0.1) is 12.4 Å². The van der Waals surface area contributed by atoms with Crippen molar-refractivity contribution in [1.29, 1.82) is 0 Å². The summed E-state index contributed by atoms with van der Waals surface area (Å²) >= 11 is 0. The second-order valence-electron chi connectivity index (χ2n) is 6.91. The molecule has 0 aromatic rings. The van der Waals surface area contributed by atoms with E-state index < -0.39 is 0 Å². The Morgan fingerprint density at radius 1 is 1.14 bits per heavy atom. The number of allylic oxidation sites excluding steroid dienone is 4. The van der Waals surface area contributed by atoms with Crippen LogP contribution in [0.25, 0.3) is 0 Å². The molecule has 2 nitrogen and oxygen atoms in total. The number of hydrogen-bond donors (Lipinski definition) is 0. The van der Waals surface area contributed by atoms with Crippen LogP contribution in [0.2, 0.25) is 0 Å². The lowest BCUT2D eigenvalue weighted by Gasteiger charge is -2.23. The van der Waals surface area contributed by atoms with Crippen molar-refractivity contribution < 1.29 is 9.47 Å². The molecule has 126 valence electrons. The molecule has 0 amide bonds. The van der Waals surface area contributed by atoms with Gasteiger partial charge in [0, 0.05) is 6.42 Å². The molecule has 0 aromatic heterocycles. The average molecular weight is 306 g/mol. The van der Waals surface area contributed by atoms with Gasteiger partial charge >= 0.3 is 0 Å². The number of hydrogen-bond acceptors (Lipinski definition) is 2. The maximum absolute atomic E-state index is 5.93. The first-order chi connectivity index (χ1) is 10.8. The minimum absolute atomic E-state index is 0.111. The lowest BCUT2D eigenvalue weighted by atomic mass is 9.87. The summed E-state index contributed by atoms with van der Waals surface area (Å²) in [5, 5.41) is 0. The maximum atomic E-state index is 5.93. The first kappa shape index (κ1) is 17.6. The second kappa shape index (κ2) is 10.1. The van der Waals surface area contributed by atoms with Gasteiger partial charge in [-0.2, -0.15) is 0 Å². The Hall–Kier alpha value is -0.760. The van der Waals surface area contributed by atoms with E-state index in [1.165, 1.54) is 57.8 Å². The monoisotopic (exact) mass is 306 g/mol. The zero-order valence-electron chi connectivity index (χ0n) is 14.6. The molecule has 0 bridgehead atoms. The molecule has 2 rings (SSSR count). The van der Waals surface area contributed by atoms with Crippen molar-refractivity contribution in [1.82, 2.24) is 0 Å². The van der Waals surface area contributed by atoms with Gasteiger partial charge in [-0.3, -0.25) is 0 Å². The van der Waals surface area contributed by atoms with Crippen LogP contribution in [0.15, 0.2) is 23.5 Å². The Morgan fingerprint density at radius 3 is 2.64 bits per heavy atom. The summed E-state index contributed by atoms with van der Waals surface area (Å²) < 4.78 is 11.8. The van der Waals surface area contributed by atoms with Crippen LogP contribution in [0.4, 0.5) is 0 Å². The molecule has 1 unspecified atom stereocenters. The van der Waals surface area contributed by atoms with Gasteiger partial charge in [0.2, 0.25) is 0 Å². The van der Waals surface area contributed by atoms with E-state index in [0.29, 0.717) is 0 Å². The molecule has 0 heterocycles. The van der Waals surface area contributed by atoms with Gasteiger partial charge < -0.3 is 9.47 Å². The molecule has 22 heavy (non-hydrogen) atoms. The quantitative estimate of drug-likeness (QED) is 0.477. The van der Waals surface area contributed by atoms with Gasteiger partial charge in [-0.15, -0.1) is 0 Å². The zero-order chi connectivity index (χ0) is 15.6. The normalized spacial score (nSPS) is 21.2. The molecule has 1 fully saturated rings. The number of rotatable bonds is 9. The first-order valence-electron chi connectivity index (χ1n) is 9.44. The maximum Gasteiger partial charge on any atom is 0.196 e. The molecule has 2 aliphatic carbocycles. The van der Waals surface area contributed by atoms with Crippen LogP contribution >= 0.6 is 0 Å². The van der Waals surface area contributed by atoms with Crippen LogP contribution in [0.3, 0.4) is 0 Å². The Balaban J connectivity index is 1.61. The fraction of sp³-hybridized carbons (Fsp3) is 0.800. The molecule has 0 aliphatic heterocycles. The third-order valence-corrected chi connectivity index (χ3v) is 4.97. The third-order valence-electron chi connectivity index (χ3n) is 4.97. The van der Waals surface area contributed by atoms with Crippen molar-refractivity contribution >= 4 is 0 Å². The van der Waals surface area contributed by atoms with Crippen molar-refractivity contribution in [3.63, 3.8) is 0 Å². The molecule has 0 N–H and O–H groups in total. The Kier molecular flexibility index (Phi) is 8.07. The predicted molar refractivity (Wildman–Crippen MR) is 92.6 cm³/mol. The van der Waals surface area contributed by atoms with Crippen LogP contribution < -0.4 is 0 Å². The van der Waals surface area contributed by atoms with Gasteiger partial charge in [-0.05, 0) is 44.6 Å². The lowest BCUT2D eigenvalue weighted by molar-refractivity contribution is -0.108. The standard InChI is InChI=1S/C20H34O2/c1-3-4-8-19-11-13-20(14-12-19)22-17(2)21-16-15-18-9-6-5-7-10-18/h11,13,17-18H,3-10,12,14-16H2,1-2H3. The van der Waals surface area contributed by atoms with Crippen molar-refractivity contribution in [3.05, 3.63) is 23.5 Å². The van der Waals surface area contributed by atoms with Crippen molar-refractivity contribution in [3.8, 4) is 0 Å². The van der Waals surface area contributed by atoms with Gasteiger partial charge in [0.15, 0.2) is 6.29 Å². The number of unbranched alkanes of at least 4 members (excludes halogenated alkanes) is 1. The van der Waals surface area contributed by atoms with Crippen molar-refractivity contribution in [2.75, 3.05) is 6.61 Å². The topological polar surface area (TPSA) is 18.5 Å². The van der Waals surface area contributed by atoms with Crippen molar-refractivity contribution in [2.45, 2.75) is 90.8 Å². The molecule has 2 aliphatic rings. The SMILES string of the molecule is CCCCC1=CC=C(OC(C)OCCC2CCCCC2)CC1. The van der Waals surface area contributed by atoms with Gasteiger partial charge in [-0.1, -0.05) is 57.1 Å². The summed E-state index contributed by atoms with van der Waals surface area (Å²) in [6, 6.07) is 0. The summed E-state index contributed by atoms with van der Waals surface area (Å²) in [5.41, 5.74) is 1.57. The minimum Gasteiger partial charge on any atom is -0.470 e. The summed E-state index contributed by atoms with van der Waals surface area (Å²) in [7, 11) is 0. The largest absolute Gasteiger partial charge is 0.470 e. The molecular weight excluding hydrogens is 272 g/mol. The van der Waals surface area contributed by atoms with Crippen LogP contribution in [0.1, 0.15) is 84.5 Å². The molecule has 1 saturated carbocycles. The molecule has 0 aromatic carbocycles. The highest BCUT2D eigenvalue weighted by atomic mass is 16.7. The third kappa shape index (κ3) is 6.56. The van der Waals surface area contributed by atoms with Crippen LogP contribution in [-0.4, -0.2) is 12.9 Å². The van der Waals surface area contributed by atoms with Crippen molar-refractivity contribution in [2.24, 2.45) is 5.92 Å². The summed E-state index contributed by atoms with van der Waals surface area (Å²) in [6.07, 6.45) is 18.6. The fourth-order valence-electron chi connectivity index (χ4n) is 3.50. The summed E-state index contributed by atoms with van der Waals surface area (Å²) in [5.74, 6) is 1.98. The van der Waals surface area contributed by atoms with E-state index in [4.69, 9.17) is 9.47 Å². The van der Waals surface area contributed by atoms with E-state index in [1.807, 2.05) is 6.92 Å². The van der Waals surface area contributed by atoms with E-state index in [9.17, 15) is 0 Å². The van der Waals surface area contributed by atoms with Crippen LogP contribution in [0, 0.1) is 5.92 Å². The summed E-state index contributed by atoms with van der Waals surface area (Å²) in [4.78, 5) is 0. The van der Waals surface area contributed by atoms with Crippen LogP contribution in [-0.2, 0) is 9.47 Å². The van der Waals surface area contributed by atoms with E-state index in [1.54, 1.807) is 5.57 Å². The highest BCUT2D eigenvalue weighted by Gasteiger charge is 2.15. The van der Waals surface area contributed by atoms with E-state index in [0.717, 1.165) is 31.1 Å². The molecule has 0 radical (unpaired) electrons. The Morgan fingerprint density at radius 2 is 1.95 bits per heavy atom. The van der Waals surface area contributed by atoms with Crippen LogP contribution in [0.5, 0.6) is 0 Å². The first-order valence-corrected chi connectivity index (χ1v) is 9.44. The molecule has 2 heteroatoms. The van der Waals surface area contributed by atoms with E-state index in [2.05, 4.69) is 19.1 Å². The van der Waals surface area contributed by atoms with E-state index in [-0.39, 0.29) is 6.29 Å². The van der Waals surface area contributed by atoms with Gasteiger partial charge in [0.25, 0.3) is 0 Å². The zero-order valence-corrected chi connectivity index (χ0v) is 14.6. The smallest absolute Gasteiger partial charge is 0.196 e. The average Bonchev–Trinajstić information content (AvgIpc) is 2.55. The Bertz CT molecular complexity index is 364. The molecule has 0 spiro atoms. The molecular formula is C20H34O2. The highest BCUT2D eigenvalue weighted by Crippen LogP contribution is 2.27. The van der Waals surface area contributed by atoms with E-state index >= 15 is 0 Å². The lowest BCUT2D eigenvalue weighted by Crippen LogP contribution is -2.17. The van der Waals surface area contributed by atoms with Gasteiger partial charge in [-0.25, -0.2) is 0 Å². The van der Waals surface area contributed by atoms with Gasteiger partial charge in [0.1, 0.15) is 0 Å². The number of ether oxygens (including phenoxy) is 2. The minimum atomic E-state index is -0.111. The molecule has 0 saturated heterocycles.